The van der Waals surface area contributed by atoms with Gasteiger partial charge in [-0.05, 0) is 56.2 Å². The van der Waals surface area contributed by atoms with Gasteiger partial charge in [-0.15, -0.1) is 6.58 Å². The molecule has 0 heterocycles. The minimum atomic E-state index is 0.511. The molecule has 1 aromatic rings. The Balaban J connectivity index is 2.49. The zero-order valence-electron chi connectivity index (χ0n) is 14.2. The molecule has 1 aromatic carbocycles. The van der Waals surface area contributed by atoms with Crippen LogP contribution >= 0.6 is 0 Å². The molecule has 0 spiro atoms. The van der Waals surface area contributed by atoms with Crippen LogP contribution in [0.1, 0.15) is 56.2 Å². The lowest BCUT2D eigenvalue weighted by molar-refractivity contribution is 0.301. The molecule has 0 saturated heterocycles. The van der Waals surface area contributed by atoms with Crippen molar-refractivity contribution in [2.45, 2.75) is 66.0 Å². The number of hydrogen-bond donors (Lipinski definition) is 1. The molecule has 0 bridgehead atoms. The molecule has 0 aliphatic carbocycles. The van der Waals surface area contributed by atoms with Crippen molar-refractivity contribution in [1.82, 2.24) is 5.32 Å². The molecule has 2 nitrogen and oxygen atoms in total. The van der Waals surface area contributed by atoms with Crippen LogP contribution in [0.2, 0.25) is 0 Å². The second-order valence-corrected chi connectivity index (χ2v) is 6.08. The van der Waals surface area contributed by atoms with Gasteiger partial charge in [0.25, 0.3) is 0 Å². The van der Waals surface area contributed by atoms with E-state index < -0.39 is 0 Å². The summed E-state index contributed by atoms with van der Waals surface area (Å²) in [5.74, 6) is 1.06. The Morgan fingerprint density at radius 2 is 1.81 bits per heavy atom. The summed E-state index contributed by atoms with van der Waals surface area (Å²) in [5.41, 5.74) is 3.81. The fourth-order valence-corrected chi connectivity index (χ4v) is 2.43. The Hall–Kier alpha value is -1.28. The fourth-order valence-electron chi connectivity index (χ4n) is 2.43. The summed E-state index contributed by atoms with van der Waals surface area (Å²) in [7, 11) is 0. The molecule has 0 saturated carbocycles. The van der Waals surface area contributed by atoms with Crippen molar-refractivity contribution in [2.24, 2.45) is 0 Å². The average Bonchev–Trinajstić information content (AvgIpc) is 2.42. The van der Waals surface area contributed by atoms with Crippen LogP contribution in [-0.2, 0) is 6.54 Å². The molecule has 0 aromatic heterocycles. The number of nitrogens with one attached hydrogen (secondary N) is 1. The van der Waals surface area contributed by atoms with E-state index in [1.807, 2.05) is 6.08 Å². The quantitative estimate of drug-likeness (QED) is 0.487. The molecule has 0 radical (unpaired) electrons. The van der Waals surface area contributed by atoms with Crippen molar-refractivity contribution < 1.29 is 4.74 Å². The maximum Gasteiger partial charge on any atom is 0.125 e. The van der Waals surface area contributed by atoms with Crippen LogP contribution in [0.4, 0.5) is 0 Å². The maximum atomic E-state index is 5.98. The van der Waals surface area contributed by atoms with E-state index in [0.29, 0.717) is 6.04 Å². The zero-order chi connectivity index (χ0) is 15.7. The average molecular weight is 289 g/mol. The number of ether oxygens (including phenoxy) is 1. The predicted octanol–water partition coefficient (Wildman–Crippen LogP) is 4.93. The van der Waals surface area contributed by atoms with Crippen molar-refractivity contribution in [2.75, 3.05) is 6.61 Å². The number of allylic oxidation sites excluding steroid dienone is 1. The minimum Gasteiger partial charge on any atom is -0.493 e. The zero-order valence-corrected chi connectivity index (χ0v) is 14.2. The van der Waals surface area contributed by atoms with E-state index in [4.69, 9.17) is 4.74 Å². The SMILES string of the molecule is C=CCCCCCOc1c(C)cc(CNC(C)C)cc1C. The first kappa shape index (κ1) is 17.8. The summed E-state index contributed by atoms with van der Waals surface area (Å²) in [4.78, 5) is 0. The summed E-state index contributed by atoms with van der Waals surface area (Å²) in [6.07, 6.45) is 6.63. The lowest BCUT2D eigenvalue weighted by atomic mass is 10.1. The largest absolute Gasteiger partial charge is 0.493 e. The lowest BCUT2D eigenvalue weighted by Crippen LogP contribution is -2.21. The van der Waals surface area contributed by atoms with Crippen LogP contribution in [-0.4, -0.2) is 12.6 Å². The molecule has 0 fully saturated rings. The normalized spacial score (nSPS) is 10.9. The molecule has 21 heavy (non-hydrogen) atoms. The Bertz CT molecular complexity index is 414. The second-order valence-electron chi connectivity index (χ2n) is 6.08. The van der Waals surface area contributed by atoms with Crippen LogP contribution in [0, 0.1) is 13.8 Å². The van der Waals surface area contributed by atoms with Gasteiger partial charge in [0.05, 0.1) is 6.61 Å². The van der Waals surface area contributed by atoms with Gasteiger partial charge in [0.15, 0.2) is 0 Å². The van der Waals surface area contributed by atoms with Crippen molar-refractivity contribution in [3.05, 3.63) is 41.5 Å². The third kappa shape index (κ3) is 6.81. The van der Waals surface area contributed by atoms with Gasteiger partial charge in [0.2, 0.25) is 0 Å². The number of hydrogen-bond acceptors (Lipinski definition) is 2. The first-order chi connectivity index (χ1) is 10.0. The van der Waals surface area contributed by atoms with E-state index in [1.54, 1.807) is 0 Å². The van der Waals surface area contributed by atoms with Crippen molar-refractivity contribution in [3.63, 3.8) is 0 Å². The van der Waals surface area contributed by atoms with Crippen molar-refractivity contribution in [1.29, 1.82) is 0 Å². The van der Waals surface area contributed by atoms with Crippen LogP contribution in [0.25, 0.3) is 0 Å². The number of unbranched alkanes of at least 4 members (excludes halogenated alkanes) is 3. The van der Waals surface area contributed by atoms with Gasteiger partial charge in [-0.25, -0.2) is 0 Å². The van der Waals surface area contributed by atoms with Gasteiger partial charge in [-0.2, -0.15) is 0 Å². The third-order valence-electron chi connectivity index (χ3n) is 3.53. The summed E-state index contributed by atoms with van der Waals surface area (Å²) in [5, 5.41) is 3.46. The van der Waals surface area contributed by atoms with E-state index in [2.05, 4.69) is 51.7 Å². The minimum absolute atomic E-state index is 0.511. The molecule has 1 rings (SSSR count). The number of aryl methyl sites for hydroxylation is 2. The van der Waals surface area contributed by atoms with Crippen LogP contribution in [0.5, 0.6) is 5.75 Å². The summed E-state index contributed by atoms with van der Waals surface area (Å²) in [6, 6.07) is 4.97. The van der Waals surface area contributed by atoms with E-state index >= 15 is 0 Å². The highest BCUT2D eigenvalue weighted by atomic mass is 16.5. The fraction of sp³-hybridized carbons (Fsp3) is 0.579. The maximum absolute atomic E-state index is 5.98. The van der Waals surface area contributed by atoms with Crippen LogP contribution in [0.15, 0.2) is 24.8 Å². The molecule has 0 amide bonds. The van der Waals surface area contributed by atoms with Crippen molar-refractivity contribution in [3.8, 4) is 5.75 Å². The monoisotopic (exact) mass is 289 g/mol. The molecule has 0 aliphatic heterocycles. The van der Waals surface area contributed by atoms with E-state index in [1.165, 1.54) is 29.5 Å². The van der Waals surface area contributed by atoms with Gasteiger partial charge < -0.3 is 10.1 Å². The highest BCUT2D eigenvalue weighted by molar-refractivity contribution is 5.43. The molecule has 118 valence electrons. The summed E-state index contributed by atoms with van der Waals surface area (Å²) >= 11 is 0. The first-order valence-electron chi connectivity index (χ1n) is 8.11. The van der Waals surface area contributed by atoms with Gasteiger partial charge in [-0.1, -0.05) is 32.1 Å². The molecule has 2 heteroatoms. The predicted molar refractivity (Wildman–Crippen MR) is 92.1 cm³/mol. The Morgan fingerprint density at radius 3 is 2.38 bits per heavy atom. The molecule has 1 N–H and O–H groups in total. The van der Waals surface area contributed by atoms with Crippen LogP contribution in [0.3, 0.4) is 0 Å². The lowest BCUT2D eigenvalue weighted by Gasteiger charge is -2.15. The Labute approximate surface area is 130 Å². The number of benzene rings is 1. The van der Waals surface area contributed by atoms with Gasteiger partial charge in [0, 0.05) is 12.6 Å². The van der Waals surface area contributed by atoms with Gasteiger partial charge in [0.1, 0.15) is 5.75 Å². The van der Waals surface area contributed by atoms with E-state index in [-0.39, 0.29) is 0 Å². The molecule has 0 atom stereocenters. The molecular formula is C19H31NO. The van der Waals surface area contributed by atoms with Crippen molar-refractivity contribution >= 4 is 0 Å². The van der Waals surface area contributed by atoms with E-state index in [9.17, 15) is 0 Å². The topological polar surface area (TPSA) is 21.3 Å². The second kappa shape index (κ2) is 9.62. The van der Waals surface area contributed by atoms with Gasteiger partial charge >= 0.3 is 0 Å². The highest BCUT2D eigenvalue weighted by Crippen LogP contribution is 2.25. The molecule has 0 unspecified atom stereocenters. The Kier molecular flexibility index (Phi) is 8.14. The van der Waals surface area contributed by atoms with Gasteiger partial charge in [-0.3, -0.25) is 0 Å². The Morgan fingerprint density at radius 1 is 1.14 bits per heavy atom. The van der Waals surface area contributed by atoms with E-state index in [0.717, 1.165) is 31.7 Å². The number of rotatable bonds is 10. The summed E-state index contributed by atoms with van der Waals surface area (Å²) in [6.45, 7) is 14.1. The standard InChI is InChI=1S/C19H31NO/c1-6-7-8-9-10-11-21-19-16(4)12-18(13-17(19)5)14-20-15(2)3/h6,12-13,15,20H,1,7-11,14H2,2-5H3. The molecule has 0 aliphatic rings. The first-order valence-corrected chi connectivity index (χ1v) is 8.11. The molecular weight excluding hydrogens is 258 g/mol. The van der Waals surface area contributed by atoms with Crippen LogP contribution < -0.4 is 10.1 Å². The third-order valence-corrected chi connectivity index (χ3v) is 3.53. The summed E-state index contributed by atoms with van der Waals surface area (Å²) < 4.78 is 5.98. The smallest absolute Gasteiger partial charge is 0.125 e. The highest BCUT2D eigenvalue weighted by Gasteiger charge is 2.07.